The molecule has 11 heteroatoms. The number of carbonyl (C=O) groups is 2. The molecule has 208 valence electrons. The van der Waals surface area contributed by atoms with Gasteiger partial charge in [0.15, 0.2) is 0 Å². The molecule has 3 rings (SSSR count). The molecule has 39 heavy (non-hydrogen) atoms. The van der Waals surface area contributed by atoms with Gasteiger partial charge in [0.25, 0.3) is 10.0 Å². The summed E-state index contributed by atoms with van der Waals surface area (Å²) in [6.45, 7) is 3.64. The molecule has 2 amide bonds. The Bertz CT molecular complexity index is 1390. The lowest BCUT2D eigenvalue weighted by Gasteiger charge is -2.32. The van der Waals surface area contributed by atoms with E-state index in [1.165, 1.54) is 35.2 Å². The predicted molar refractivity (Wildman–Crippen MR) is 160 cm³/mol. The Morgan fingerprint density at radius 3 is 2.26 bits per heavy atom. The quantitative estimate of drug-likeness (QED) is 0.233. The van der Waals surface area contributed by atoms with Crippen molar-refractivity contribution in [3.8, 4) is 0 Å². The highest BCUT2D eigenvalue weighted by atomic mass is 79.9. The number of halogens is 3. The number of anilines is 1. The Hall–Kier alpha value is -2.59. The first-order valence-electron chi connectivity index (χ1n) is 12.4. The van der Waals surface area contributed by atoms with E-state index in [1.807, 2.05) is 31.2 Å². The summed E-state index contributed by atoms with van der Waals surface area (Å²) in [5, 5.41) is 3.29. The van der Waals surface area contributed by atoms with Crippen LogP contribution in [0.25, 0.3) is 0 Å². The molecule has 0 radical (unpaired) electrons. The van der Waals surface area contributed by atoms with Gasteiger partial charge in [0.05, 0.1) is 10.6 Å². The van der Waals surface area contributed by atoms with E-state index in [4.69, 9.17) is 23.2 Å². The highest BCUT2D eigenvalue weighted by molar-refractivity contribution is 9.10. The summed E-state index contributed by atoms with van der Waals surface area (Å²) in [6, 6.07) is 18.6. The van der Waals surface area contributed by atoms with Crippen LogP contribution in [0.15, 0.2) is 82.2 Å². The molecule has 0 saturated carbocycles. The van der Waals surface area contributed by atoms with E-state index >= 15 is 0 Å². The van der Waals surface area contributed by atoms with Gasteiger partial charge in [0.1, 0.15) is 12.6 Å². The van der Waals surface area contributed by atoms with Crippen molar-refractivity contribution in [3.63, 3.8) is 0 Å². The molecule has 0 aromatic heterocycles. The van der Waals surface area contributed by atoms with Gasteiger partial charge in [-0.25, -0.2) is 8.42 Å². The van der Waals surface area contributed by atoms with Gasteiger partial charge >= 0.3 is 0 Å². The highest BCUT2D eigenvalue weighted by Gasteiger charge is 2.32. The zero-order valence-corrected chi connectivity index (χ0v) is 25.5. The number of nitrogens with zero attached hydrogens (tertiary/aromatic N) is 2. The van der Waals surface area contributed by atoms with Crippen molar-refractivity contribution in [3.05, 3.63) is 92.9 Å². The van der Waals surface area contributed by atoms with Gasteiger partial charge in [-0.3, -0.25) is 13.9 Å². The van der Waals surface area contributed by atoms with Crippen molar-refractivity contribution >= 4 is 66.7 Å². The molecule has 1 atom stereocenters. The van der Waals surface area contributed by atoms with Crippen molar-refractivity contribution in [2.75, 3.05) is 17.4 Å². The van der Waals surface area contributed by atoms with Crippen molar-refractivity contribution in [1.82, 2.24) is 10.2 Å². The van der Waals surface area contributed by atoms with E-state index in [0.29, 0.717) is 6.54 Å². The van der Waals surface area contributed by atoms with Crippen LogP contribution in [0.1, 0.15) is 32.3 Å². The summed E-state index contributed by atoms with van der Waals surface area (Å²) in [4.78, 5) is 28.3. The summed E-state index contributed by atoms with van der Waals surface area (Å²) >= 11 is 15.8. The molecule has 0 spiro atoms. The van der Waals surface area contributed by atoms with Crippen LogP contribution in [0.3, 0.4) is 0 Å². The van der Waals surface area contributed by atoms with Crippen molar-refractivity contribution < 1.29 is 18.0 Å². The van der Waals surface area contributed by atoms with E-state index < -0.39 is 28.5 Å². The third-order valence-corrected chi connectivity index (χ3v) is 8.70. The maximum absolute atomic E-state index is 13.9. The Kier molecular flexibility index (Phi) is 11.2. The third-order valence-electron chi connectivity index (χ3n) is 5.98. The molecule has 1 N–H and O–H groups in total. The van der Waals surface area contributed by atoms with E-state index in [1.54, 1.807) is 25.1 Å². The monoisotopic (exact) mass is 653 g/mol. The molecule has 0 aliphatic heterocycles. The molecule has 7 nitrogen and oxygen atoms in total. The zero-order valence-electron chi connectivity index (χ0n) is 21.6. The minimum absolute atomic E-state index is 0.00204. The smallest absolute Gasteiger partial charge is 0.264 e. The van der Waals surface area contributed by atoms with E-state index in [2.05, 4.69) is 21.2 Å². The van der Waals surface area contributed by atoms with Crippen molar-refractivity contribution in [1.29, 1.82) is 0 Å². The number of amides is 2. The maximum Gasteiger partial charge on any atom is 0.264 e. The fourth-order valence-corrected chi connectivity index (χ4v) is 6.26. The Balaban J connectivity index is 2.02. The van der Waals surface area contributed by atoms with Gasteiger partial charge < -0.3 is 10.2 Å². The van der Waals surface area contributed by atoms with Crippen LogP contribution in [0, 0.1) is 0 Å². The summed E-state index contributed by atoms with van der Waals surface area (Å²) in [5.41, 5.74) is 0.904. The first-order chi connectivity index (χ1) is 18.5. The van der Waals surface area contributed by atoms with Crippen LogP contribution in [-0.2, 0) is 26.2 Å². The van der Waals surface area contributed by atoms with Gasteiger partial charge in [-0.1, -0.05) is 82.8 Å². The normalized spacial score (nSPS) is 12.0. The molecule has 0 saturated heterocycles. The number of nitrogens with one attached hydrogen (secondary N) is 1. The minimum atomic E-state index is -4.20. The second kappa shape index (κ2) is 14.2. The van der Waals surface area contributed by atoms with Crippen LogP contribution in [-0.4, -0.2) is 44.3 Å². The minimum Gasteiger partial charge on any atom is -0.354 e. The number of hydrogen-bond donors (Lipinski definition) is 1. The van der Waals surface area contributed by atoms with Gasteiger partial charge in [-0.2, -0.15) is 0 Å². The number of rotatable bonds is 12. The van der Waals surface area contributed by atoms with Crippen LogP contribution < -0.4 is 9.62 Å². The van der Waals surface area contributed by atoms with Crippen molar-refractivity contribution in [2.45, 2.75) is 44.2 Å². The molecule has 0 aliphatic carbocycles. The van der Waals surface area contributed by atoms with E-state index in [-0.39, 0.29) is 33.1 Å². The first kappa shape index (κ1) is 30.9. The molecule has 3 aromatic rings. The lowest BCUT2D eigenvalue weighted by Crippen LogP contribution is -2.51. The lowest BCUT2D eigenvalue weighted by molar-refractivity contribution is -0.139. The second-order valence-electron chi connectivity index (χ2n) is 8.92. The molecular weight excluding hydrogens is 625 g/mol. The molecule has 0 unspecified atom stereocenters. The SMILES string of the molecule is CCCCNC(=O)[C@@H](C)N(Cc1cccc(Br)c1)C(=O)CN(c1cc(Cl)cc(Cl)c1)S(=O)(=O)c1ccccc1. The van der Waals surface area contributed by atoms with Gasteiger partial charge in [-0.05, 0) is 61.4 Å². The van der Waals surface area contributed by atoms with Gasteiger partial charge in [-0.15, -0.1) is 0 Å². The first-order valence-corrected chi connectivity index (χ1v) is 15.4. The van der Waals surface area contributed by atoms with Gasteiger partial charge in [0.2, 0.25) is 11.8 Å². The zero-order chi connectivity index (χ0) is 28.6. The fraction of sp³-hybridized carbons (Fsp3) is 0.286. The van der Waals surface area contributed by atoms with E-state index in [0.717, 1.165) is 27.2 Å². The maximum atomic E-state index is 13.9. The number of benzene rings is 3. The summed E-state index contributed by atoms with van der Waals surface area (Å²) in [5.74, 6) is -0.890. The van der Waals surface area contributed by atoms with Crippen LogP contribution >= 0.6 is 39.1 Å². The molecule has 0 heterocycles. The standard InChI is InChI=1S/C28H30BrCl2N3O4S/c1-3-4-13-32-28(36)20(2)33(18-21-9-8-10-22(29)14-21)27(35)19-34(25-16-23(30)15-24(31)17-25)39(37,38)26-11-6-5-7-12-26/h5-12,14-17,20H,3-4,13,18-19H2,1-2H3,(H,32,36)/t20-/m1/s1. The number of unbranched alkanes of at least 4 members (excludes halogenated alkanes) is 1. The Morgan fingerprint density at radius 1 is 0.974 bits per heavy atom. The van der Waals surface area contributed by atoms with Gasteiger partial charge in [0, 0.05) is 27.6 Å². The fourth-order valence-electron chi connectivity index (χ4n) is 3.88. The summed E-state index contributed by atoms with van der Waals surface area (Å²) < 4.78 is 29.3. The van der Waals surface area contributed by atoms with Crippen LogP contribution in [0.2, 0.25) is 10.0 Å². The topological polar surface area (TPSA) is 86.8 Å². The Morgan fingerprint density at radius 2 is 1.64 bits per heavy atom. The largest absolute Gasteiger partial charge is 0.354 e. The Labute approximate surface area is 248 Å². The van der Waals surface area contributed by atoms with Crippen LogP contribution in [0.4, 0.5) is 5.69 Å². The highest BCUT2D eigenvalue weighted by Crippen LogP contribution is 2.30. The molecule has 0 fully saturated rings. The summed E-state index contributed by atoms with van der Waals surface area (Å²) in [7, 11) is -4.20. The summed E-state index contributed by atoms with van der Waals surface area (Å²) in [6.07, 6.45) is 1.71. The molecule has 0 bridgehead atoms. The molecule has 3 aromatic carbocycles. The van der Waals surface area contributed by atoms with Crippen LogP contribution in [0.5, 0.6) is 0 Å². The number of carbonyl (C=O) groups excluding carboxylic acids is 2. The molecular formula is C28H30BrCl2N3O4S. The van der Waals surface area contributed by atoms with E-state index in [9.17, 15) is 18.0 Å². The number of sulfonamides is 1. The van der Waals surface area contributed by atoms with Crippen molar-refractivity contribution in [2.24, 2.45) is 0 Å². The average molecular weight is 655 g/mol. The number of hydrogen-bond acceptors (Lipinski definition) is 4. The third kappa shape index (κ3) is 8.45. The molecule has 0 aliphatic rings. The average Bonchev–Trinajstić information content (AvgIpc) is 2.89. The predicted octanol–water partition coefficient (Wildman–Crippen LogP) is 6.28. The lowest BCUT2D eigenvalue weighted by atomic mass is 10.1. The second-order valence-corrected chi connectivity index (χ2v) is 12.6.